The van der Waals surface area contributed by atoms with Gasteiger partial charge in [0, 0.05) is 0 Å². The van der Waals surface area contributed by atoms with Gasteiger partial charge in [0.2, 0.25) is 5.91 Å². The smallest absolute Gasteiger partial charge is 0.236 e. The van der Waals surface area contributed by atoms with Crippen LogP contribution < -0.4 is 11.1 Å². The SMILES string of the molecule is Cc1nnc(CNC(=O)C(C)N)s1. The number of carbonyl (C=O) groups excluding carboxylic acids is 1. The van der Waals surface area contributed by atoms with E-state index in [0.717, 1.165) is 10.0 Å². The van der Waals surface area contributed by atoms with E-state index in [1.807, 2.05) is 6.92 Å². The van der Waals surface area contributed by atoms with Gasteiger partial charge in [0.1, 0.15) is 10.0 Å². The van der Waals surface area contributed by atoms with Crippen molar-refractivity contribution < 1.29 is 4.79 Å². The summed E-state index contributed by atoms with van der Waals surface area (Å²) in [4.78, 5) is 11.0. The molecule has 0 aromatic carbocycles. The van der Waals surface area contributed by atoms with Gasteiger partial charge in [-0.25, -0.2) is 0 Å². The monoisotopic (exact) mass is 200 g/mol. The lowest BCUT2D eigenvalue weighted by Crippen LogP contribution is -2.37. The molecular formula is C7H12N4OS. The van der Waals surface area contributed by atoms with Crippen LogP contribution in [0.2, 0.25) is 0 Å². The van der Waals surface area contributed by atoms with E-state index in [1.165, 1.54) is 11.3 Å². The van der Waals surface area contributed by atoms with Gasteiger partial charge in [-0.15, -0.1) is 10.2 Å². The molecule has 1 amide bonds. The molecule has 0 saturated carbocycles. The number of nitrogens with zero attached hydrogens (tertiary/aromatic N) is 2. The molecule has 3 N–H and O–H groups in total. The number of aromatic nitrogens is 2. The van der Waals surface area contributed by atoms with E-state index in [1.54, 1.807) is 6.92 Å². The Labute approximate surface area is 80.4 Å². The number of aryl methyl sites for hydroxylation is 1. The fourth-order valence-electron chi connectivity index (χ4n) is 0.733. The first-order valence-corrected chi connectivity index (χ1v) is 4.73. The third-order valence-electron chi connectivity index (χ3n) is 1.40. The number of carbonyl (C=O) groups is 1. The number of nitrogens with two attached hydrogens (primary N) is 1. The van der Waals surface area contributed by atoms with E-state index in [-0.39, 0.29) is 5.91 Å². The summed E-state index contributed by atoms with van der Waals surface area (Å²) in [6, 6.07) is -0.478. The molecule has 1 aromatic rings. The average molecular weight is 200 g/mol. The zero-order chi connectivity index (χ0) is 9.84. The molecule has 13 heavy (non-hydrogen) atoms. The summed E-state index contributed by atoms with van der Waals surface area (Å²) in [5.74, 6) is -0.173. The predicted molar refractivity (Wildman–Crippen MR) is 50.1 cm³/mol. The molecular weight excluding hydrogens is 188 g/mol. The topological polar surface area (TPSA) is 80.9 Å². The third-order valence-corrected chi connectivity index (χ3v) is 2.23. The Morgan fingerprint density at radius 2 is 2.38 bits per heavy atom. The lowest BCUT2D eigenvalue weighted by molar-refractivity contribution is -0.122. The van der Waals surface area contributed by atoms with Crippen LogP contribution in [0.5, 0.6) is 0 Å². The Hall–Kier alpha value is -1.01. The van der Waals surface area contributed by atoms with Gasteiger partial charge in [-0.1, -0.05) is 11.3 Å². The van der Waals surface area contributed by atoms with Crippen LogP contribution in [0, 0.1) is 6.92 Å². The molecule has 1 rings (SSSR count). The molecule has 1 unspecified atom stereocenters. The minimum absolute atomic E-state index is 0.173. The first kappa shape index (κ1) is 10.1. The molecule has 0 aliphatic heterocycles. The minimum atomic E-state index is -0.478. The normalized spacial score (nSPS) is 12.5. The minimum Gasteiger partial charge on any atom is -0.348 e. The predicted octanol–water partition coefficient (Wildman–Crippen LogP) is -0.190. The number of rotatable bonds is 3. The highest BCUT2D eigenvalue weighted by Crippen LogP contribution is 2.06. The highest BCUT2D eigenvalue weighted by atomic mass is 32.1. The summed E-state index contributed by atoms with van der Waals surface area (Å²) in [5, 5.41) is 12.0. The molecule has 6 heteroatoms. The quantitative estimate of drug-likeness (QED) is 0.708. The summed E-state index contributed by atoms with van der Waals surface area (Å²) in [6.07, 6.45) is 0. The molecule has 5 nitrogen and oxygen atoms in total. The van der Waals surface area contributed by atoms with E-state index in [2.05, 4.69) is 15.5 Å². The summed E-state index contributed by atoms with van der Waals surface area (Å²) < 4.78 is 0. The van der Waals surface area contributed by atoms with Crippen LogP contribution in [0.1, 0.15) is 16.9 Å². The Morgan fingerprint density at radius 1 is 1.69 bits per heavy atom. The summed E-state index contributed by atoms with van der Waals surface area (Å²) >= 11 is 1.46. The molecule has 0 radical (unpaired) electrons. The van der Waals surface area contributed by atoms with Gasteiger partial charge in [-0.05, 0) is 13.8 Å². The molecule has 0 saturated heterocycles. The Morgan fingerprint density at radius 3 is 2.85 bits per heavy atom. The number of hydrogen-bond acceptors (Lipinski definition) is 5. The van der Waals surface area contributed by atoms with Crippen molar-refractivity contribution in [3.05, 3.63) is 10.0 Å². The second-order valence-corrected chi connectivity index (χ2v) is 3.99. The first-order chi connectivity index (χ1) is 6.09. The fraction of sp³-hybridized carbons (Fsp3) is 0.571. The maximum absolute atomic E-state index is 11.0. The highest BCUT2D eigenvalue weighted by molar-refractivity contribution is 7.11. The summed E-state index contributed by atoms with van der Waals surface area (Å²) in [5.41, 5.74) is 5.36. The van der Waals surface area contributed by atoms with Crippen LogP contribution >= 0.6 is 11.3 Å². The van der Waals surface area contributed by atoms with Gasteiger partial charge in [0.05, 0.1) is 12.6 Å². The van der Waals surface area contributed by atoms with E-state index in [9.17, 15) is 4.79 Å². The van der Waals surface area contributed by atoms with Crippen molar-refractivity contribution in [2.45, 2.75) is 26.4 Å². The Bertz CT molecular complexity index is 296. The number of hydrogen-bond donors (Lipinski definition) is 2. The molecule has 0 aliphatic carbocycles. The van der Waals surface area contributed by atoms with Crippen molar-refractivity contribution in [2.24, 2.45) is 5.73 Å². The Balaban J connectivity index is 2.39. The van der Waals surface area contributed by atoms with Crippen LogP contribution in [-0.2, 0) is 11.3 Å². The second-order valence-electron chi connectivity index (χ2n) is 2.72. The van der Waals surface area contributed by atoms with Gasteiger partial charge in [0.15, 0.2) is 0 Å². The molecule has 0 aliphatic rings. The number of amides is 1. The van der Waals surface area contributed by atoms with Crippen LogP contribution in [0.25, 0.3) is 0 Å². The van der Waals surface area contributed by atoms with Gasteiger partial charge in [0.25, 0.3) is 0 Å². The lowest BCUT2D eigenvalue weighted by Gasteiger charge is -2.04. The first-order valence-electron chi connectivity index (χ1n) is 3.92. The molecule has 1 heterocycles. The van der Waals surface area contributed by atoms with Gasteiger partial charge >= 0.3 is 0 Å². The number of nitrogens with one attached hydrogen (secondary N) is 1. The molecule has 0 bridgehead atoms. The largest absolute Gasteiger partial charge is 0.348 e. The van der Waals surface area contributed by atoms with E-state index in [4.69, 9.17) is 5.73 Å². The van der Waals surface area contributed by atoms with Crippen molar-refractivity contribution in [3.8, 4) is 0 Å². The van der Waals surface area contributed by atoms with E-state index in [0.29, 0.717) is 6.54 Å². The molecule has 1 atom stereocenters. The molecule has 1 aromatic heterocycles. The second kappa shape index (κ2) is 4.29. The van der Waals surface area contributed by atoms with Crippen molar-refractivity contribution in [1.29, 1.82) is 0 Å². The van der Waals surface area contributed by atoms with Crippen LogP contribution in [0.3, 0.4) is 0 Å². The zero-order valence-electron chi connectivity index (χ0n) is 7.57. The van der Waals surface area contributed by atoms with Gasteiger partial charge in [-0.3, -0.25) is 4.79 Å². The maximum atomic E-state index is 11.0. The molecule has 0 spiro atoms. The van der Waals surface area contributed by atoms with Crippen molar-refractivity contribution in [1.82, 2.24) is 15.5 Å². The fourth-order valence-corrected chi connectivity index (χ4v) is 1.38. The molecule has 72 valence electrons. The zero-order valence-corrected chi connectivity index (χ0v) is 8.39. The Kier molecular flexibility index (Phi) is 3.32. The standard InChI is InChI=1S/C7H12N4OS/c1-4(8)7(12)9-3-6-11-10-5(2)13-6/h4H,3,8H2,1-2H3,(H,9,12). The van der Waals surface area contributed by atoms with Crippen molar-refractivity contribution in [2.75, 3.05) is 0 Å². The van der Waals surface area contributed by atoms with Crippen LogP contribution in [-0.4, -0.2) is 22.1 Å². The summed E-state index contributed by atoms with van der Waals surface area (Å²) in [6.45, 7) is 3.92. The molecule has 0 fully saturated rings. The van der Waals surface area contributed by atoms with E-state index < -0.39 is 6.04 Å². The van der Waals surface area contributed by atoms with Crippen molar-refractivity contribution >= 4 is 17.2 Å². The van der Waals surface area contributed by atoms with Gasteiger partial charge in [-0.2, -0.15) is 0 Å². The summed E-state index contributed by atoms with van der Waals surface area (Å²) in [7, 11) is 0. The average Bonchev–Trinajstić information content (AvgIpc) is 2.47. The van der Waals surface area contributed by atoms with Crippen molar-refractivity contribution in [3.63, 3.8) is 0 Å². The third kappa shape index (κ3) is 3.08. The van der Waals surface area contributed by atoms with Crippen LogP contribution in [0.15, 0.2) is 0 Å². The highest BCUT2D eigenvalue weighted by Gasteiger charge is 2.07. The van der Waals surface area contributed by atoms with Gasteiger partial charge < -0.3 is 11.1 Å². The van der Waals surface area contributed by atoms with Crippen LogP contribution in [0.4, 0.5) is 0 Å². The van der Waals surface area contributed by atoms with E-state index >= 15 is 0 Å². The maximum Gasteiger partial charge on any atom is 0.236 e. The lowest BCUT2D eigenvalue weighted by atomic mass is 10.3.